The van der Waals surface area contributed by atoms with Gasteiger partial charge < -0.3 is 9.80 Å². The maximum atomic E-state index is 14.4. The van der Waals surface area contributed by atoms with Gasteiger partial charge in [0.1, 0.15) is 16.5 Å². The Morgan fingerprint density at radius 3 is 2.50 bits per heavy atom. The quantitative estimate of drug-likeness (QED) is 0.443. The average Bonchev–Trinajstić information content (AvgIpc) is 3.66. The number of amides is 1. The molecule has 1 amide bonds. The number of sulfonamides is 1. The summed E-state index contributed by atoms with van der Waals surface area (Å²) in [5.41, 5.74) is 2.16. The van der Waals surface area contributed by atoms with E-state index >= 15 is 0 Å². The molecule has 210 valence electrons. The highest BCUT2D eigenvalue weighted by Crippen LogP contribution is 2.33. The van der Waals surface area contributed by atoms with Crippen LogP contribution in [0.3, 0.4) is 0 Å². The molecule has 0 radical (unpaired) electrons. The van der Waals surface area contributed by atoms with Crippen LogP contribution in [0.4, 0.5) is 14.6 Å². The maximum absolute atomic E-state index is 14.4. The number of carbonyl (C=O) groups excluding carboxylic acids is 1. The third-order valence-electron chi connectivity index (χ3n) is 8.03. The Balaban J connectivity index is 1.24. The van der Waals surface area contributed by atoms with Gasteiger partial charge in [-0.15, -0.1) is 0 Å². The fraction of sp³-hybridized carbons (Fsp3) is 0.414. The number of hydrogen-bond donors (Lipinski definition) is 0. The Hall–Kier alpha value is -3.44. The molecule has 3 aromatic rings. The number of fused-ring (bicyclic) bond motifs is 1. The number of hydrogen-bond acceptors (Lipinski definition) is 6. The Morgan fingerprint density at radius 2 is 1.73 bits per heavy atom. The van der Waals surface area contributed by atoms with Crippen molar-refractivity contribution in [3.63, 3.8) is 0 Å². The van der Waals surface area contributed by atoms with E-state index in [9.17, 15) is 22.0 Å². The molecule has 1 aromatic heterocycles. The van der Waals surface area contributed by atoms with Crippen molar-refractivity contribution in [2.24, 2.45) is 0 Å². The fourth-order valence-corrected chi connectivity index (χ4v) is 7.51. The second-order valence-electron chi connectivity index (χ2n) is 10.7. The minimum atomic E-state index is -4.41. The largest absolute Gasteiger partial charge is 0.334 e. The highest BCUT2D eigenvalue weighted by Gasteiger charge is 2.34. The Bertz CT molecular complexity index is 1530. The summed E-state index contributed by atoms with van der Waals surface area (Å²) in [4.78, 5) is 26.1. The van der Waals surface area contributed by atoms with Crippen LogP contribution in [0, 0.1) is 11.6 Å². The van der Waals surface area contributed by atoms with E-state index < -0.39 is 26.6 Å². The van der Waals surface area contributed by atoms with E-state index in [1.165, 1.54) is 12.8 Å². The van der Waals surface area contributed by atoms with Gasteiger partial charge in [0, 0.05) is 36.8 Å². The molecule has 40 heavy (non-hydrogen) atoms. The molecular weight excluding hydrogens is 536 g/mol. The topological polar surface area (TPSA) is 86.7 Å². The van der Waals surface area contributed by atoms with Crippen LogP contribution in [0.15, 0.2) is 53.6 Å². The van der Waals surface area contributed by atoms with Gasteiger partial charge >= 0.3 is 0 Å². The minimum Gasteiger partial charge on any atom is -0.334 e. The van der Waals surface area contributed by atoms with Gasteiger partial charge in [-0.1, -0.05) is 12.1 Å². The number of aromatic nitrogens is 2. The molecule has 3 aliphatic heterocycles. The Kier molecular flexibility index (Phi) is 7.26. The van der Waals surface area contributed by atoms with E-state index in [-0.39, 0.29) is 24.3 Å². The fourth-order valence-electron chi connectivity index (χ4n) is 5.95. The number of halogens is 2. The third kappa shape index (κ3) is 5.08. The summed E-state index contributed by atoms with van der Waals surface area (Å²) in [6.45, 7) is 3.96. The van der Waals surface area contributed by atoms with Crippen LogP contribution in [0.5, 0.6) is 0 Å². The normalized spacial score (nSPS) is 19.7. The molecule has 1 atom stereocenters. The monoisotopic (exact) mass is 567 g/mol. The summed E-state index contributed by atoms with van der Waals surface area (Å²) in [5.74, 6) is -1.75. The van der Waals surface area contributed by atoms with Crippen LogP contribution in [0.25, 0.3) is 11.3 Å². The van der Waals surface area contributed by atoms with Gasteiger partial charge in [-0.25, -0.2) is 26.5 Å². The lowest BCUT2D eigenvalue weighted by Gasteiger charge is -2.29. The third-order valence-corrected chi connectivity index (χ3v) is 9.84. The highest BCUT2D eigenvalue weighted by atomic mass is 32.2. The van der Waals surface area contributed by atoms with Gasteiger partial charge in [0.05, 0.1) is 17.6 Å². The van der Waals surface area contributed by atoms with Crippen molar-refractivity contribution in [3.05, 3.63) is 71.6 Å². The van der Waals surface area contributed by atoms with Crippen LogP contribution < -0.4 is 4.31 Å². The smallest absolute Gasteiger partial charge is 0.268 e. The summed E-state index contributed by atoms with van der Waals surface area (Å²) in [6, 6.07) is 9.68. The zero-order valence-corrected chi connectivity index (χ0v) is 22.9. The molecular formula is C29H31F2N5O3S. The van der Waals surface area contributed by atoms with Crippen LogP contribution in [-0.2, 0) is 16.4 Å². The standard InChI is InChI=1S/C29H31F2N5O3S/c30-22-11-12-24(31)27(17-22)40(38,39)36-16-4-6-25-28(36)33-26(18-32-25)20-7-9-21(10-8-20)29(37)35-15-3-5-23(35)19-34-13-1-2-14-34/h7-12,17-18,23H,1-6,13-16,19H2/t23-/m0/s1. The molecule has 2 aromatic carbocycles. The van der Waals surface area contributed by atoms with Crippen molar-refractivity contribution in [2.45, 2.75) is 49.5 Å². The molecule has 2 saturated heterocycles. The lowest BCUT2D eigenvalue weighted by atomic mass is 10.1. The summed E-state index contributed by atoms with van der Waals surface area (Å²) in [7, 11) is -4.41. The summed E-state index contributed by atoms with van der Waals surface area (Å²) >= 11 is 0. The van der Waals surface area contributed by atoms with E-state index in [0.29, 0.717) is 41.4 Å². The van der Waals surface area contributed by atoms with E-state index in [1.54, 1.807) is 30.5 Å². The van der Waals surface area contributed by atoms with Gasteiger partial charge in [0.2, 0.25) is 0 Å². The van der Waals surface area contributed by atoms with Crippen molar-refractivity contribution in [3.8, 4) is 11.3 Å². The summed E-state index contributed by atoms with van der Waals surface area (Å²) in [6.07, 6.45) is 7.03. The number of likely N-dealkylation sites (tertiary alicyclic amines) is 2. The molecule has 0 spiro atoms. The predicted molar refractivity (Wildman–Crippen MR) is 146 cm³/mol. The van der Waals surface area contributed by atoms with Crippen molar-refractivity contribution < 1.29 is 22.0 Å². The molecule has 4 heterocycles. The summed E-state index contributed by atoms with van der Waals surface area (Å²) < 4.78 is 56.0. The van der Waals surface area contributed by atoms with E-state index in [0.717, 1.165) is 55.5 Å². The van der Waals surface area contributed by atoms with E-state index in [1.807, 2.05) is 4.90 Å². The zero-order chi connectivity index (χ0) is 27.9. The molecule has 6 rings (SSSR count). The molecule has 0 unspecified atom stereocenters. The van der Waals surface area contributed by atoms with Gasteiger partial charge in [-0.3, -0.25) is 9.78 Å². The molecule has 0 aliphatic carbocycles. The zero-order valence-electron chi connectivity index (χ0n) is 22.1. The number of rotatable bonds is 6. The van der Waals surface area contributed by atoms with Crippen molar-refractivity contribution in [2.75, 3.05) is 37.0 Å². The first-order valence-electron chi connectivity index (χ1n) is 13.8. The number of benzene rings is 2. The molecule has 3 aliphatic rings. The number of anilines is 1. The molecule has 0 N–H and O–H groups in total. The SMILES string of the molecule is O=C(c1ccc(-c2cnc3c(n2)N(S(=O)(=O)c2cc(F)ccc2F)CCC3)cc1)N1CCC[C@H]1CN1CCCC1. The van der Waals surface area contributed by atoms with E-state index in [4.69, 9.17) is 0 Å². The van der Waals surface area contributed by atoms with Crippen molar-refractivity contribution in [1.29, 1.82) is 0 Å². The van der Waals surface area contributed by atoms with Crippen molar-refractivity contribution in [1.82, 2.24) is 19.8 Å². The van der Waals surface area contributed by atoms with Crippen LogP contribution in [0.1, 0.15) is 48.2 Å². The predicted octanol–water partition coefficient (Wildman–Crippen LogP) is 4.26. The Morgan fingerprint density at radius 1 is 0.950 bits per heavy atom. The van der Waals surface area contributed by atoms with Crippen LogP contribution >= 0.6 is 0 Å². The van der Waals surface area contributed by atoms with Crippen LogP contribution in [-0.4, -0.2) is 72.9 Å². The van der Waals surface area contributed by atoms with Gasteiger partial charge in [0.25, 0.3) is 15.9 Å². The molecule has 0 bridgehead atoms. The van der Waals surface area contributed by atoms with Crippen molar-refractivity contribution >= 4 is 21.7 Å². The highest BCUT2D eigenvalue weighted by molar-refractivity contribution is 7.92. The first-order valence-corrected chi connectivity index (χ1v) is 15.2. The molecule has 8 nitrogen and oxygen atoms in total. The summed E-state index contributed by atoms with van der Waals surface area (Å²) in [5, 5.41) is 0. The number of nitrogens with zero attached hydrogens (tertiary/aromatic N) is 5. The molecule has 0 saturated carbocycles. The first-order chi connectivity index (χ1) is 19.3. The maximum Gasteiger partial charge on any atom is 0.268 e. The first kappa shape index (κ1) is 26.8. The molecule has 2 fully saturated rings. The molecule has 11 heteroatoms. The number of carbonyl (C=O) groups is 1. The number of aryl methyl sites for hydroxylation is 1. The average molecular weight is 568 g/mol. The van der Waals surface area contributed by atoms with Crippen LogP contribution in [0.2, 0.25) is 0 Å². The van der Waals surface area contributed by atoms with E-state index in [2.05, 4.69) is 14.9 Å². The van der Waals surface area contributed by atoms with Gasteiger partial charge in [0.15, 0.2) is 5.82 Å². The second-order valence-corrected chi connectivity index (χ2v) is 12.5. The Labute approximate surface area is 232 Å². The lowest BCUT2D eigenvalue weighted by Crippen LogP contribution is -2.42. The minimum absolute atomic E-state index is 0.0131. The van der Waals surface area contributed by atoms with Gasteiger partial charge in [-0.05, 0) is 81.9 Å². The van der Waals surface area contributed by atoms with Gasteiger partial charge in [-0.2, -0.15) is 0 Å². The second kappa shape index (κ2) is 10.9. The lowest BCUT2D eigenvalue weighted by molar-refractivity contribution is 0.0709.